The van der Waals surface area contributed by atoms with Crippen LogP contribution in [0.5, 0.6) is 0 Å². The van der Waals surface area contributed by atoms with E-state index in [0.29, 0.717) is 15.6 Å². The highest BCUT2D eigenvalue weighted by atomic mass is 35.5. The van der Waals surface area contributed by atoms with Gasteiger partial charge < -0.3 is 5.73 Å². The maximum Gasteiger partial charge on any atom is 0.156 e. The number of sulfone groups is 1. The van der Waals surface area contributed by atoms with Gasteiger partial charge in [0.15, 0.2) is 9.84 Å². The van der Waals surface area contributed by atoms with Crippen LogP contribution in [0.3, 0.4) is 0 Å². The molecule has 0 aliphatic carbocycles. The first kappa shape index (κ1) is 16.5. The third-order valence-electron chi connectivity index (χ3n) is 2.69. The van der Waals surface area contributed by atoms with Crippen LogP contribution in [0.1, 0.15) is 20.8 Å². The van der Waals surface area contributed by atoms with E-state index >= 15 is 0 Å². The molecule has 0 saturated heterocycles. The van der Waals surface area contributed by atoms with Crippen LogP contribution in [0.2, 0.25) is 5.02 Å². The second kappa shape index (κ2) is 5.81. The van der Waals surface area contributed by atoms with Gasteiger partial charge in [-0.3, -0.25) is 4.21 Å². The highest BCUT2D eigenvalue weighted by Crippen LogP contribution is 2.22. The summed E-state index contributed by atoms with van der Waals surface area (Å²) < 4.78 is 35.1. The fraction of sp³-hybridized carbons (Fsp3) is 0.500. The topological polar surface area (TPSA) is 77.2 Å². The Morgan fingerprint density at radius 2 is 1.89 bits per heavy atom. The molecule has 0 fully saturated rings. The number of hydrogen-bond donors (Lipinski definition) is 1. The van der Waals surface area contributed by atoms with Crippen molar-refractivity contribution in [3.05, 3.63) is 23.2 Å². The summed E-state index contributed by atoms with van der Waals surface area (Å²) in [5.41, 5.74) is 6.04. The van der Waals surface area contributed by atoms with E-state index in [2.05, 4.69) is 0 Å². The Bertz CT molecular complexity index is 591. The largest absolute Gasteiger partial charge is 0.398 e. The van der Waals surface area contributed by atoms with E-state index in [0.717, 1.165) is 0 Å². The summed E-state index contributed by atoms with van der Waals surface area (Å²) in [6, 6.07) is 4.66. The molecule has 2 N–H and O–H groups in total. The van der Waals surface area contributed by atoms with Crippen LogP contribution in [0.4, 0.5) is 5.69 Å². The van der Waals surface area contributed by atoms with E-state index in [4.69, 9.17) is 17.3 Å². The van der Waals surface area contributed by atoms with E-state index in [1.54, 1.807) is 32.9 Å². The van der Waals surface area contributed by atoms with Gasteiger partial charge in [0.1, 0.15) is 0 Å². The highest BCUT2D eigenvalue weighted by Gasteiger charge is 2.29. The average Bonchev–Trinajstić information content (AvgIpc) is 2.24. The molecule has 0 aliphatic rings. The smallest absolute Gasteiger partial charge is 0.156 e. The molecule has 0 bridgehead atoms. The van der Waals surface area contributed by atoms with Gasteiger partial charge in [0.05, 0.1) is 26.2 Å². The maximum atomic E-state index is 12.1. The Kier molecular flexibility index (Phi) is 5.03. The summed E-state index contributed by atoms with van der Waals surface area (Å²) in [5.74, 6) is -0.101. The fourth-order valence-electron chi connectivity index (χ4n) is 1.33. The molecular weight excluding hydrogens is 306 g/mol. The van der Waals surface area contributed by atoms with Crippen molar-refractivity contribution in [3.8, 4) is 0 Å². The standard InChI is InChI=1S/C12H18ClNO3S2/c1-12(2,3)19(16,17)7-6-18(15)11-5-4-9(13)8-10(11)14/h4-5,8H,6-7,14H2,1-3H3. The third-order valence-corrected chi connectivity index (χ3v) is 7.23. The van der Waals surface area contributed by atoms with Gasteiger partial charge in [0.2, 0.25) is 0 Å². The maximum absolute atomic E-state index is 12.1. The first-order valence-corrected chi connectivity index (χ1v) is 9.05. The summed E-state index contributed by atoms with van der Waals surface area (Å²) in [4.78, 5) is 0.425. The lowest BCUT2D eigenvalue weighted by Crippen LogP contribution is -2.32. The average molecular weight is 324 g/mol. The minimum Gasteiger partial charge on any atom is -0.398 e. The van der Waals surface area contributed by atoms with Crippen LogP contribution in [0.15, 0.2) is 23.1 Å². The third kappa shape index (κ3) is 4.19. The highest BCUT2D eigenvalue weighted by molar-refractivity contribution is 7.94. The van der Waals surface area contributed by atoms with E-state index < -0.39 is 25.4 Å². The van der Waals surface area contributed by atoms with Gasteiger partial charge in [-0.25, -0.2) is 8.42 Å². The van der Waals surface area contributed by atoms with Crippen LogP contribution in [0, 0.1) is 0 Å². The van der Waals surface area contributed by atoms with Crippen LogP contribution in [0.25, 0.3) is 0 Å². The van der Waals surface area contributed by atoms with Gasteiger partial charge in [-0.05, 0) is 39.0 Å². The predicted octanol–water partition coefficient (Wildman–Crippen LogP) is 2.24. The van der Waals surface area contributed by atoms with E-state index in [9.17, 15) is 12.6 Å². The lowest BCUT2D eigenvalue weighted by Gasteiger charge is -2.18. The number of benzene rings is 1. The van der Waals surface area contributed by atoms with Gasteiger partial charge in [0.25, 0.3) is 0 Å². The molecule has 1 aromatic carbocycles. The molecule has 1 rings (SSSR count). The summed E-state index contributed by atoms with van der Waals surface area (Å²) in [6.45, 7) is 4.88. The van der Waals surface area contributed by atoms with Gasteiger partial charge in [-0.2, -0.15) is 0 Å². The first-order chi connectivity index (χ1) is 8.54. The molecular formula is C12H18ClNO3S2. The second-order valence-corrected chi connectivity index (χ2v) is 10.0. The van der Waals surface area contributed by atoms with Crippen molar-refractivity contribution in [1.29, 1.82) is 0 Å². The second-order valence-electron chi connectivity index (χ2n) is 5.16. The molecule has 108 valence electrons. The van der Waals surface area contributed by atoms with Crippen LogP contribution < -0.4 is 5.73 Å². The Hall–Kier alpha value is -0.590. The zero-order valence-corrected chi connectivity index (χ0v) is 13.5. The number of rotatable bonds is 4. The quantitative estimate of drug-likeness (QED) is 0.862. The van der Waals surface area contributed by atoms with Crippen LogP contribution in [-0.4, -0.2) is 28.9 Å². The van der Waals surface area contributed by atoms with Crippen molar-refractivity contribution in [3.63, 3.8) is 0 Å². The van der Waals surface area contributed by atoms with Crippen LogP contribution in [-0.2, 0) is 20.6 Å². The Balaban J connectivity index is 2.82. The SMILES string of the molecule is CC(C)(C)S(=O)(=O)CCS(=O)c1ccc(Cl)cc1N. The molecule has 0 spiro atoms. The summed E-state index contributed by atoms with van der Waals surface area (Å²) in [7, 11) is -4.73. The van der Waals surface area contributed by atoms with E-state index in [1.807, 2.05) is 0 Å². The lowest BCUT2D eigenvalue weighted by atomic mass is 10.3. The van der Waals surface area contributed by atoms with E-state index in [1.165, 1.54) is 6.07 Å². The normalized spacial score (nSPS) is 14.3. The fourth-order valence-corrected chi connectivity index (χ4v) is 4.37. The molecule has 0 aromatic heterocycles. The Morgan fingerprint density at radius 3 is 2.37 bits per heavy atom. The Labute approximate surface area is 121 Å². The zero-order chi connectivity index (χ0) is 14.8. The lowest BCUT2D eigenvalue weighted by molar-refractivity contribution is 0.561. The zero-order valence-electron chi connectivity index (χ0n) is 11.1. The minimum atomic E-state index is -3.28. The molecule has 7 heteroatoms. The van der Waals surface area contributed by atoms with Gasteiger partial charge >= 0.3 is 0 Å². The van der Waals surface area contributed by atoms with Crippen molar-refractivity contribution >= 4 is 37.9 Å². The number of nitrogens with two attached hydrogens (primary N) is 1. The number of anilines is 1. The molecule has 1 unspecified atom stereocenters. The van der Waals surface area contributed by atoms with Crippen molar-refractivity contribution in [1.82, 2.24) is 0 Å². The summed E-state index contributed by atoms with van der Waals surface area (Å²) in [6.07, 6.45) is 0. The molecule has 1 atom stereocenters. The van der Waals surface area contributed by atoms with E-state index in [-0.39, 0.29) is 11.5 Å². The van der Waals surface area contributed by atoms with Gasteiger partial charge in [0, 0.05) is 16.5 Å². The number of nitrogen functional groups attached to an aromatic ring is 1. The van der Waals surface area contributed by atoms with Crippen molar-refractivity contribution < 1.29 is 12.6 Å². The molecule has 0 amide bonds. The molecule has 4 nitrogen and oxygen atoms in total. The Morgan fingerprint density at radius 1 is 1.32 bits per heavy atom. The van der Waals surface area contributed by atoms with Gasteiger partial charge in [-0.1, -0.05) is 11.6 Å². The van der Waals surface area contributed by atoms with Crippen molar-refractivity contribution in [2.24, 2.45) is 0 Å². The monoisotopic (exact) mass is 323 g/mol. The number of halogens is 1. The number of hydrogen-bond acceptors (Lipinski definition) is 4. The van der Waals surface area contributed by atoms with Crippen molar-refractivity contribution in [2.45, 2.75) is 30.4 Å². The van der Waals surface area contributed by atoms with Gasteiger partial charge in [-0.15, -0.1) is 0 Å². The first-order valence-electron chi connectivity index (χ1n) is 5.70. The minimum absolute atomic E-state index is 0.0332. The summed E-state index contributed by atoms with van der Waals surface area (Å²) in [5, 5.41) is 0.459. The molecule has 0 aliphatic heterocycles. The molecule has 1 aromatic rings. The molecule has 19 heavy (non-hydrogen) atoms. The predicted molar refractivity (Wildman–Crippen MR) is 80.7 cm³/mol. The molecule has 0 heterocycles. The summed E-state index contributed by atoms with van der Waals surface area (Å²) >= 11 is 5.76. The molecule has 0 radical (unpaired) electrons. The van der Waals surface area contributed by atoms with Crippen LogP contribution >= 0.6 is 11.6 Å². The molecule has 0 saturated carbocycles. The van der Waals surface area contributed by atoms with Crippen molar-refractivity contribution in [2.75, 3.05) is 17.2 Å².